The highest BCUT2D eigenvalue weighted by molar-refractivity contribution is 7.89. The van der Waals surface area contributed by atoms with E-state index in [0.717, 1.165) is 0 Å². The molecule has 0 bridgehead atoms. The normalized spacial score (nSPS) is 18.9. The molecular formula is C13H16N2O5S. The Balaban J connectivity index is 2.16. The van der Waals surface area contributed by atoms with Gasteiger partial charge in [0.05, 0.1) is 12.2 Å². The van der Waals surface area contributed by atoms with Crippen molar-refractivity contribution in [3.63, 3.8) is 0 Å². The van der Waals surface area contributed by atoms with Gasteiger partial charge < -0.3 is 9.64 Å². The van der Waals surface area contributed by atoms with Gasteiger partial charge in [0.1, 0.15) is 5.25 Å². The molecule has 0 aromatic heterocycles. The van der Waals surface area contributed by atoms with Crippen LogP contribution >= 0.6 is 0 Å². The fraction of sp³-hybridized carbons (Fsp3) is 0.385. The molecule has 0 aliphatic carbocycles. The fourth-order valence-electron chi connectivity index (χ4n) is 2.14. The molecule has 0 spiro atoms. The molecule has 1 aromatic carbocycles. The van der Waals surface area contributed by atoms with Crippen LogP contribution in [0.4, 0.5) is 5.69 Å². The quantitative estimate of drug-likeness (QED) is 0.802. The average Bonchev–Trinajstić information content (AvgIpc) is 2.81. The zero-order chi connectivity index (χ0) is 15.6. The van der Waals surface area contributed by atoms with Gasteiger partial charge in [0.15, 0.2) is 0 Å². The molecule has 114 valence electrons. The zero-order valence-corrected chi connectivity index (χ0v) is 12.3. The largest absolute Gasteiger partial charge is 0.462 e. The summed E-state index contributed by atoms with van der Waals surface area (Å²) in [5.74, 6) is -0.753. The van der Waals surface area contributed by atoms with Gasteiger partial charge in [-0.05, 0) is 31.2 Å². The first-order chi connectivity index (χ1) is 9.82. The number of rotatable bonds is 4. The molecule has 1 unspecified atom stereocenters. The number of anilines is 1. The number of nitrogens with zero attached hydrogens (tertiary/aromatic N) is 1. The number of ether oxygens (including phenoxy) is 1. The van der Waals surface area contributed by atoms with Gasteiger partial charge in [0, 0.05) is 18.7 Å². The molecule has 8 heteroatoms. The van der Waals surface area contributed by atoms with Crippen LogP contribution in [0.2, 0.25) is 0 Å². The Hall–Kier alpha value is -1.93. The van der Waals surface area contributed by atoms with Gasteiger partial charge in [0.2, 0.25) is 15.9 Å². The van der Waals surface area contributed by atoms with Crippen molar-refractivity contribution >= 4 is 27.6 Å². The molecule has 1 aliphatic rings. The first-order valence-electron chi connectivity index (χ1n) is 6.42. The van der Waals surface area contributed by atoms with Gasteiger partial charge in [-0.2, -0.15) is 0 Å². The lowest BCUT2D eigenvalue weighted by Gasteiger charge is -2.16. The predicted molar refractivity (Wildman–Crippen MR) is 76.3 cm³/mol. The minimum atomic E-state index is -3.74. The molecule has 7 nitrogen and oxygen atoms in total. The topological polar surface area (TPSA) is 107 Å². The highest BCUT2D eigenvalue weighted by atomic mass is 32.2. The summed E-state index contributed by atoms with van der Waals surface area (Å²) in [6, 6.07) is 6.22. The summed E-state index contributed by atoms with van der Waals surface area (Å²) in [6.07, 6.45) is -0.127. The van der Waals surface area contributed by atoms with Crippen molar-refractivity contribution < 1.29 is 22.7 Å². The van der Waals surface area contributed by atoms with Crippen LogP contribution in [0.3, 0.4) is 0 Å². The fourth-order valence-corrected chi connectivity index (χ4v) is 2.87. The van der Waals surface area contributed by atoms with E-state index in [1.165, 1.54) is 17.0 Å². The molecule has 2 N–H and O–H groups in total. The average molecular weight is 312 g/mol. The highest BCUT2D eigenvalue weighted by Gasteiger charge is 2.37. The molecule has 21 heavy (non-hydrogen) atoms. The number of esters is 1. The molecule has 1 aromatic rings. The van der Waals surface area contributed by atoms with Gasteiger partial charge in [0.25, 0.3) is 0 Å². The van der Waals surface area contributed by atoms with Crippen LogP contribution in [0.15, 0.2) is 24.3 Å². The van der Waals surface area contributed by atoms with E-state index in [0.29, 0.717) is 11.3 Å². The van der Waals surface area contributed by atoms with E-state index in [4.69, 9.17) is 9.88 Å². The molecule has 1 atom stereocenters. The van der Waals surface area contributed by atoms with Crippen LogP contribution in [-0.4, -0.2) is 38.7 Å². The van der Waals surface area contributed by atoms with Crippen molar-refractivity contribution in [3.05, 3.63) is 29.8 Å². The van der Waals surface area contributed by atoms with Crippen molar-refractivity contribution in [3.8, 4) is 0 Å². The third-order valence-corrected chi connectivity index (χ3v) is 4.49. The molecule has 0 radical (unpaired) electrons. The number of primary sulfonamides is 1. The second-order valence-electron chi connectivity index (χ2n) is 4.69. The molecular weight excluding hydrogens is 296 g/mol. The molecule has 1 amide bonds. The number of nitrogens with two attached hydrogens (primary N) is 1. The van der Waals surface area contributed by atoms with Crippen molar-refractivity contribution in [2.75, 3.05) is 18.1 Å². The van der Waals surface area contributed by atoms with Crippen LogP contribution in [-0.2, 0) is 19.6 Å². The summed E-state index contributed by atoms with van der Waals surface area (Å²) in [7, 11) is -3.74. The first kappa shape index (κ1) is 15.5. The Bertz CT molecular complexity index is 654. The lowest BCUT2D eigenvalue weighted by atomic mass is 10.2. The molecule has 1 aliphatic heterocycles. The monoisotopic (exact) mass is 312 g/mol. The Labute approximate surface area is 122 Å². The standard InChI is InChI=1S/C13H16N2O5S/c1-2-20-13(17)9-3-5-10(6-4-9)15-8-11(7-12(15)16)21(14,18)19/h3-6,11H,2,7-8H2,1H3,(H2,14,18,19). The summed E-state index contributed by atoms with van der Waals surface area (Å²) in [4.78, 5) is 24.7. The first-order valence-corrected chi connectivity index (χ1v) is 8.03. The van der Waals surface area contributed by atoms with E-state index < -0.39 is 21.2 Å². The zero-order valence-electron chi connectivity index (χ0n) is 11.5. The minimum Gasteiger partial charge on any atom is -0.462 e. The van der Waals surface area contributed by atoms with Crippen LogP contribution in [0.5, 0.6) is 0 Å². The third kappa shape index (κ3) is 3.40. The number of sulfonamides is 1. The summed E-state index contributed by atoms with van der Waals surface area (Å²) >= 11 is 0. The summed E-state index contributed by atoms with van der Waals surface area (Å²) in [6.45, 7) is 2.01. The van der Waals surface area contributed by atoms with E-state index in [1.54, 1.807) is 19.1 Å². The van der Waals surface area contributed by atoms with Gasteiger partial charge in [-0.25, -0.2) is 18.4 Å². The smallest absolute Gasteiger partial charge is 0.338 e. The van der Waals surface area contributed by atoms with E-state index >= 15 is 0 Å². The number of carbonyl (C=O) groups excluding carboxylic acids is 2. The Morgan fingerprint density at radius 2 is 2.00 bits per heavy atom. The number of benzene rings is 1. The van der Waals surface area contributed by atoms with Crippen LogP contribution in [0.1, 0.15) is 23.7 Å². The Kier molecular flexibility index (Phi) is 4.29. The maximum Gasteiger partial charge on any atom is 0.338 e. The molecule has 1 saturated heterocycles. The van der Waals surface area contributed by atoms with Crippen molar-refractivity contribution in [2.24, 2.45) is 5.14 Å². The van der Waals surface area contributed by atoms with Crippen LogP contribution < -0.4 is 10.0 Å². The number of carbonyl (C=O) groups is 2. The Morgan fingerprint density at radius 3 is 2.48 bits per heavy atom. The van der Waals surface area contributed by atoms with Crippen LogP contribution in [0, 0.1) is 0 Å². The maximum atomic E-state index is 11.9. The summed E-state index contributed by atoms with van der Waals surface area (Å²) in [5.41, 5.74) is 0.898. The lowest BCUT2D eigenvalue weighted by Crippen LogP contribution is -2.32. The summed E-state index contributed by atoms with van der Waals surface area (Å²) < 4.78 is 27.5. The van der Waals surface area contributed by atoms with Crippen molar-refractivity contribution in [1.29, 1.82) is 0 Å². The minimum absolute atomic E-state index is 0.0242. The van der Waals surface area contributed by atoms with Gasteiger partial charge >= 0.3 is 5.97 Å². The van der Waals surface area contributed by atoms with Gasteiger partial charge in [-0.15, -0.1) is 0 Å². The molecule has 2 rings (SSSR count). The van der Waals surface area contributed by atoms with Crippen molar-refractivity contribution in [1.82, 2.24) is 0 Å². The molecule has 1 heterocycles. The van der Waals surface area contributed by atoms with E-state index in [1.807, 2.05) is 0 Å². The van der Waals surface area contributed by atoms with Crippen molar-refractivity contribution in [2.45, 2.75) is 18.6 Å². The number of hydrogen-bond acceptors (Lipinski definition) is 5. The summed E-state index contributed by atoms with van der Waals surface area (Å²) in [5, 5.41) is 4.18. The predicted octanol–water partition coefficient (Wildman–Crippen LogP) is 0.257. The van der Waals surface area contributed by atoms with E-state index in [2.05, 4.69) is 0 Å². The second-order valence-corrected chi connectivity index (χ2v) is 6.53. The SMILES string of the molecule is CCOC(=O)c1ccc(N2CC(S(N)(=O)=O)CC2=O)cc1. The van der Waals surface area contributed by atoms with E-state index in [9.17, 15) is 18.0 Å². The van der Waals surface area contributed by atoms with E-state index in [-0.39, 0.29) is 25.5 Å². The maximum absolute atomic E-state index is 11.9. The third-order valence-electron chi connectivity index (χ3n) is 3.24. The van der Waals surface area contributed by atoms with Crippen LogP contribution in [0.25, 0.3) is 0 Å². The lowest BCUT2D eigenvalue weighted by molar-refractivity contribution is -0.117. The van der Waals surface area contributed by atoms with Gasteiger partial charge in [-0.3, -0.25) is 4.79 Å². The van der Waals surface area contributed by atoms with Gasteiger partial charge in [-0.1, -0.05) is 0 Å². The number of amides is 1. The highest BCUT2D eigenvalue weighted by Crippen LogP contribution is 2.24. The molecule has 1 fully saturated rings. The second kappa shape index (κ2) is 5.82. The molecule has 0 saturated carbocycles. The Morgan fingerprint density at radius 1 is 1.38 bits per heavy atom. The number of hydrogen-bond donors (Lipinski definition) is 1.